The molecule has 0 radical (unpaired) electrons. The second-order valence-electron chi connectivity index (χ2n) is 4.33. The van der Waals surface area contributed by atoms with Gasteiger partial charge in [0.15, 0.2) is 0 Å². The lowest BCUT2D eigenvalue weighted by Crippen LogP contribution is -2.10. The topological polar surface area (TPSA) is 34.9 Å². The molecule has 0 N–H and O–H groups in total. The number of hydrogen-bond acceptors (Lipinski definition) is 2. The Morgan fingerprint density at radius 1 is 1.24 bits per heavy atom. The van der Waals surface area contributed by atoms with Crippen LogP contribution in [-0.4, -0.2) is 15.3 Å². The molecule has 88 valence electrons. The maximum absolute atomic E-state index is 11.9. The highest BCUT2D eigenvalue weighted by atomic mass is 16.1. The molecule has 1 aromatic heterocycles. The zero-order valence-corrected chi connectivity index (χ0v) is 10.2. The second-order valence-corrected chi connectivity index (χ2v) is 4.33. The highest BCUT2D eigenvalue weighted by molar-refractivity contribution is 5.82. The van der Waals surface area contributed by atoms with E-state index in [1.165, 1.54) is 5.56 Å². The number of rotatable bonds is 4. The van der Waals surface area contributed by atoms with Crippen molar-refractivity contribution in [3.05, 3.63) is 53.6 Å². The third-order valence-electron chi connectivity index (χ3n) is 2.80. The number of Topliss-reactive ketones (excluding diaryl/α,β-unsaturated/α-hetero) is 1. The Morgan fingerprint density at radius 2 is 1.94 bits per heavy atom. The summed E-state index contributed by atoms with van der Waals surface area (Å²) in [4.78, 5) is 16.0. The molecule has 0 amide bonds. The Balaban J connectivity index is 1.98. The molecule has 0 unspecified atom stereocenters. The van der Waals surface area contributed by atoms with Crippen LogP contribution in [0.15, 0.2) is 36.7 Å². The van der Waals surface area contributed by atoms with Crippen LogP contribution in [0, 0.1) is 6.92 Å². The van der Waals surface area contributed by atoms with Crippen molar-refractivity contribution in [2.75, 3.05) is 0 Å². The van der Waals surface area contributed by atoms with Crippen molar-refractivity contribution in [3.8, 4) is 0 Å². The molecule has 0 atom stereocenters. The van der Waals surface area contributed by atoms with Crippen LogP contribution in [0.4, 0.5) is 0 Å². The highest BCUT2D eigenvalue weighted by Crippen LogP contribution is 2.06. The molecule has 1 aromatic carbocycles. The molecule has 3 nitrogen and oxygen atoms in total. The maximum atomic E-state index is 11.9. The van der Waals surface area contributed by atoms with Gasteiger partial charge in [-0.1, -0.05) is 29.8 Å². The summed E-state index contributed by atoms with van der Waals surface area (Å²) in [6, 6.07) is 8.07. The van der Waals surface area contributed by atoms with Crippen LogP contribution in [0.25, 0.3) is 0 Å². The van der Waals surface area contributed by atoms with Crippen molar-refractivity contribution >= 4 is 5.78 Å². The third-order valence-corrected chi connectivity index (χ3v) is 2.80. The monoisotopic (exact) mass is 228 g/mol. The van der Waals surface area contributed by atoms with Crippen LogP contribution in [-0.2, 0) is 24.7 Å². The van der Waals surface area contributed by atoms with E-state index in [-0.39, 0.29) is 5.78 Å². The van der Waals surface area contributed by atoms with Crippen LogP contribution in [0.5, 0.6) is 0 Å². The molecule has 0 bridgehead atoms. The van der Waals surface area contributed by atoms with E-state index in [0.717, 1.165) is 11.4 Å². The molecule has 17 heavy (non-hydrogen) atoms. The molecule has 0 fully saturated rings. The van der Waals surface area contributed by atoms with Crippen molar-refractivity contribution in [2.24, 2.45) is 7.05 Å². The summed E-state index contributed by atoms with van der Waals surface area (Å²) < 4.78 is 1.88. The fraction of sp³-hybridized carbons (Fsp3) is 0.286. The van der Waals surface area contributed by atoms with E-state index < -0.39 is 0 Å². The lowest BCUT2D eigenvalue weighted by molar-refractivity contribution is -0.117. The van der Waals surface area contributed by atoms with Crippen LogP contribution in [0.1, 0.15) is 17.0 Å². The lowest BCUT2D eigenvalue weighted by atomic mass is 10.1. The highest BCUT2D eigenvalue weighted by Gasteiger charge is 2.08. The van der Waals surface area contributed by atoms with Gasteiger partial charge >= 0.3 is 0 Å². The first-order valence-corrected chi connectivity index (χ1v) is 5.68. The SMILES string of the molecule is Cc1ccc(CC(=O)Cc2nccn2C)cc1. The Bertz CT molecular complexity index is 511. The molecule has 0 saturated heterocycles. The first-order valence-electron chi connectivity index (χ1n) is 5.68. The van der Waals surface area contributed by atoms with Gasteiger partial charge in [0.2, 0.25) is 0 Å². The molecule has 3 heteroatoms. The number of aromatic nitrogens is 2. The zero-order valence-electron chi connectivity index (χ0n) is 10.2. The molecule has 0 aliphatic carbocycles. The minimum Gasteiger partial charge on any atom is -0.338 e. The molecule has 2 aromatic rings. The van der Waals surface area contributed by atoms with Crippen LogP contribution >= 0.6 is 0 Å². The van der Waals surface area contributed by atoms with Gasteiger partial charge in [0.25, 0.3) is 0 Å². The largest absolute Gasteiger partial charge is 0.338 e. The first kappa shape index (κ1) is 11.6. The molecule has 0 saturated carbocycles. The predicted molar refractivity (Wildman–Crippen MR) is 66.8 cm³/mol. The van der Waals surface area contributed by atoms with E-state index >= 15 is 0 Å². The summed E-state index contributed by atoms with van der Waals surface area (Å²) in [5.74, 6) is 1.02. The smallest absolute Gasteiger partial charge is 0.144 e. The summed E-state index contributed by atoms with van der Waals surface area (Å²) in [7, 11) is 1.90. The normalized spacial score (nSPS) is 10.5. The molecule has 0 spiro atoms. The van der Waals surface area contributed by atoms with Crippen molar-refractivity contribution < 1.29 is 4.79 Å². The zero-order chi connectivity index (χ0) is 12.3. The van der Waals surface area contributed by atoms with Gasteiger partial charge in [-0.3, -0.25) is 4.79 Å². The van der Waals surface area contributed by atoms with Gasteiger partial charge in [-0.15, -0.1) is 0 Å². The van der Waals surface area contributed by atoms with Crippen LogP contribution in [0.2, 0.25) is 0 Å². The number of nitrogens with zero attached hydrogens (tertiary/aromatic N) is 2. The van der Waals surface area contributed by atoms with Crippen LogP contribution < -0.4 is 0 Å². The third kappa shape index (κ3) is 3.03. The quantitative estimate of drug-likeness (QED) is 0.803. The van der Waals surface area contributed by atoms with E-state index in [0.29, 0.717) is 12.8 Å². The predicted octanol–water partition coefficient (Wildman–Crippen LogP) is 2.08. The summed E-state index contributed by atoms with van der Waals surface area (Å²) in [5.41, 5.74) is 2.28. The lowest BCUT2D eigenvalue weighted by Gasteiger charge is -2.02. The standard InChI is InChI=1S/C14H16N2O/c1-11-3-5-12(6-4-11)9-13(17)10-14-15-7-8-16(14)2/h3-8H,9-10H2,1-2H3. The van der Waals surface area contributed by atoms with E-state index in [2.05, 4.69) is 4.98 Å². The summed E-state index contributed by atoms with van der Waals surface area (Å²) in [6.45, 7) is 2.04. The molecule has 0 aliphatic rings. The van der Waals surface area contributed by atoms with Crippen molar-refractivity contribution in [2.45, 2.75) is 19.8 Å². The minimum absolute atomic E-state index is 0.197. The second kappa shape index (κ2) is 4.95. The number of hydrogen-bond donors (Lipinski definition) is 0. The number of aryl methyl sites for hydroxylation is 2. The number of carbonyl (C=O) groups excluding carboxylic acids is 1. The number of carbonyl (C=O) groups is 1. The van der Waals surface area contributed by atoms with Gasteiger partial charge in [-0.05, 0) is 12.5 Å². The van der Waals surface area contributed by atoms with Gasteiger partial charge in [0, 0.05) is 25.9 Å². The summed E-state index contributed by atoms with van der Waals surface area (Å²) >= 11 is 0. The number of benzene rings is 1. The van der Waals surface area contributed by atoms with Crippen LogP contribution in [0.3, 0.4) is 0 Å². The molecular weight excluding hydrogens is 212 g/mol. The molecular formula is C14H16N2O. The maximum Gasteiger partial charge on any atom is 0.144 e. The Labute approximate surface area is 101 Å². The Morgan fingerprint density at radius 3 is 2.53 bits per heavy atom. The van der Waals surface area contributed by atoms with Crippen molar-refractivity contribution in [1.82, 2.24) is 9.55 Å². The summed E-state index contributed by atoms with van der Waals surface area (Å²) in [6.07, 6.45) is 4.45. The fourth-order valence-corrected chi connectivity index (χ4v) is 1.74. The summed E-state index contributed by atoms with van der Waals surface area (Å²) in [5, 5.41) is 0. The number of imidazole rings is 1. The average Bonchev–Trinajstić information content (AvgIpc) is 2.68. The van der Waals surface area contributed by atoms with E-state index in [4.69, 9.17) is 0 Å². The Kier molecular flexibility index (Phi) is 3.38. The van der Waals surface area contributed by atoms with Gasteiger partial charge in [0.1, 0.15) is 11.6 Å². The molecule has 0 aliphatic heterocycles. The molecule has 1 heterocycles. The molecule has 2 rings (SSSR count). The first-order chi connectivity index (χ1) is 8.15. The van der Waals surface area contributed by atoms with Gasteiger partial charge in [0.05, 0.1) is 6.42 Å². The fourth-order valence-electron chi connectivity index (χ4n) is 1.74. The Hall–Kier alpha value is -1.90. The van der Waals surface area contributed by atoms with Crippen molar-refractivity contribution in [3.63, 3.8) is 0 Å². The van der Waals surface area contributed by atoms with Gasteiger partial charge < -0.3 is 4.57 Å². The van der Waals surface area contributed by atoms with Gasteiger partial charge in [-0.2, -0.15) is 0 Å². The van der Waals surface area contributed by atoms with E-state index in [1.54, 1.807) is 6.20 Å². The minimum atomic E-state index is 0.197. The number of ketones is 1. The van der Waals surface area contributed by atoms with E-state index in [9.17, 15) is 4.79 Å². The van der Waals surface area contributed by atoms with Crippen molar-refractivity contribution in [1.29, 1.82) is 0 Å². The van der Waals surface area contributed by atoms with Gasteiger partial charge in [-0.25, -0.2) is 4.98 Å². The average molecular weight is 228 g/mol. The van der Waals surface area contributed by atoms with E-state index in [1.807, 2.05) is 49.0 Å².